The molecule has 106 valence electrons. The Bertz CT molecular complexity index is 566. The molecular weight excluding hydrogens is 336 g/mol. The molecule has 6 heteroatoms. The standard InChI is InChI=1S/C14H17BrN4S/c15-11-6-12(20-9-11)8-16-13-7-14(18-10-17-13)19-4-2-1-3-5-19/h6-7,9-10H,1-5,8H2,(H,16,17,18). The van der Waals surface area contributed by atoms with Gasteiger partial charge in [0, 0.05) is 33.9 Å². The summed E-state index contributed by atoms with van der Waals surface area (Å²) in [6, 6.07) is 4.18. The average molecular weight is 353 g/mol. The summed E-state index contributed by atoms with van der Waals surface area (Å²) < 4.78 is 1.14. The maximum absolute atomic E-state index is 4.39. The highest BCUT2D eigenvalue weighted by Crippen LogP contribution is 2.22. The van der Waals surface area contributed by atoms with E-state index in [0.717, 1.165) is 35.7 Å². The molecular formula is C14H17BrN4S. The fourth-order valence-electron chi connectivity index (χ4n) is 2.36. The molecule has 1 fully saturated rings. The first-order valence-electron chi connectivity index (χ1n) is 6.85. The van der Waals surface area contributed by atoms with E-state index in [9.17, 15) is 0 Å². The molecule has 1 N–H and O–H groups in total. The first-order valence-corrected chi connectivity index (χ1v) is 8.52. The summed E-state index contributed by atoms with van der Waals surface area (Å²) in [5.41, 5.74) is 0. The fraction of sp³-hybridized carbons (Fsp3) is 0.429. The molecule has 3 heterocycles. The first kappa shape index (κ1) is 13.8. The van der Waals surface area contributed by atoms with E-state index in [-0.39, 0.29) is 0 Å². The lowest BCUT2D eigenvalue weighted by Gasteiger charge is -2.27. The monoisotopic (exact) mass is 352 g/mol. The number of halogens is 1. The molecule has 0 amide bonds. The number of rotatable bonds is 4. The zero-order valence-corrected chi connectivity index (χ0v) is 13.6. The molecule has 0 radical (unpaired) electrons. The third-order valence-electron chi connectivity index (χ3n) is 3.40. The topological polar surface area (TPSA) is 41.0 Å². The van der Waals surface area contributed by atoms with Crippen LogP contribution in [0.4, 0.5) is 11.6 Å². The quantitative estimate of drug-likeness (QED) is 0.905. The van der Waals surface area contributed by atoms with E-state index in [1.165, 1.54) is 24.1 Å². The SMILES string of the molecule is Brc1csc(CNc2cc(N3CCCCC3)ncn2)c1. The van der Waals surface area contributed by atoms with Gasteiger partial charge < -0.3 is 10.2 Å². The Kier molecular flexibility index (Phi) is 4.52. The molecule has 0 bridgehead atoms. The fourth-order valence-corrected chi connectivity index (χ4v) is 3.75. The van der Waals surface area contributed by atoms with Crippen molar-refractivity contribution >= 4 is 38.9 Å². The van der Waals surface area contributed by atoms with Crippen molar-refractivity contribution in [2.75, 3.05) is 23.3 Å². The van der Waals surface area contributed by atoms with Crippen molar-refractivity contribution in [3.8, 4) is 0 Å². The summed E-state index contributed by atoms with van der Waals surface area (Å²) in [6.07, 6.45) is 5.50. The van der Waals surface area contributed by atoms with Crippen LogP contribution in [0.5, 0.6) is 0 Å². The highest BCUT2D eigenvalue weighted by atomic mass is 79.9. The molecule has 0 saturated carbocycles. The third kappa shape index (κ3) is 3.49. The lowest BCUT2D eigenvalue weighted by Crippen LogP contribution is -2.30. The zero-order chi connectivity index (χ0) is 13.8. The van der Waals surface area contributed by atoms with E-state index in [4.69, 9.17) is 0 Å². The smallest absolute Gasteiger partial charge is 0.134 e. The molecule has 2 aromatic rings. The van der Waals surface area contributed by atoms with Crippen LogP contribution in [0.25, 0.3) is 0 Å². The summed E-state index contributed by atoms with van der Waals surface area (Å²) in [7, 11) is 0. The zero-order valence-electron chi connectivity index (χ0n) is 11.2. The lowest BCUT2D eigenvalue weighted by molar-refractivity contribution is 0.573. The van der Waals surface area contributed by atoms with Crippen molar-refractivity contribution in [3.63, 3.8) is 0 Å². The van der Waals surface area contributed by atoms with Gasteiger partial charge in [-0.05, 0) is 41.3 Å². The van der Waals surface area contributed by atoms with Gasteiger partial charge in [-0.1, -0.05) is 0 Å². The van der Waals surface area contributed by atoms with Gasteiger partial charge in [-0.15, -0.1) is 11.3 Å². The molecule has 0 aliphatic carbocycles. The van der Waals surface area contributed by atoms with Crippen molar-refractivity contribution in [3.05, 3.63) is 33.2 Å². The number of aromatic nitrogens is 2. The van der Waals surface area contributed by atoms with E-state index < -0.39 is 0 Å². The van der Waals surface area contributed by atoms with Crippen molar-refractivity contribution in [1.82, 2.24) is 9.97 Å². The number of piperidine rings is 1. The number of nitrogens with one attached hydrogen (secondary N) is 1. The predicted octanol–water partition coefficient (Wildman–Crippen LogP) is 3.90. The largest absolute Gasteiger partial charge is 0.365 e. The Hall–Kier alpha value is -1.14. The van der Waals surface area contributed by atoms with Crippen LogP contribution in [0.3, 0.4) is 0 Å². The predicted molar refractivity (Wildman–Crippen MR) is 87.4 cm³/mol. The molecule has 1 aliphatic heterocycles. The normalized spacial score (nSPS) is 15.3. The van der Waals surface area contributed by atoms with E-state index in [2.05, 4.69) is 47.6 Å². The van der Waals surface area contributed by atoms with Crippen molar-refractivity contribution in [1.29, 1.82) is 0 Å². The molecule has 1 aliphatic rings. The van der Waals surface area contributed by atoms with Crippen LogP contribution < -0.4 is 10.2 Å². The molecule has 1 saturated heterocycles. The molecule has 20 heavy (non-hydrogen) atoms. The Morgan fingerprint density at radius 1 is 1.20 bits per heavy atom. The molecule has 2 aromatic heterocycles. The van der Waals surface area contributed by atoms with Gasteiger partial charge in [-0.3, -0.25) is 0 Å². The summed E-state index contributed by atoms with van der Waals surface area (Å²) >= 11 is 5.21. The van der Waals surface area contributed by atoms with Gasteiger partial charge in [0.2, 0.25) is 0 Å². The number of nitrogens with zero attached hydrogens (tertiary/aromatic N) is 3. The van der Waals surface area contributed by atoms with Crippen molar-refractivity contribution in [2.24, 2.45) is 0 Å². The maximum atomic E-state index is 4.39. The minimum atomic E-state index is 0.798. The van der Waals surface area contributed by atoms with E-state index in [0.29, 0.717) is 0 Å². The molecule has 0 aromatic carbocycles. The van der Waals surface area contributed by atoms with Crippen LogP contribution in [0, 0.1) is 0 Å². The second kappa shape index (κ2) is 6.54. The van der Waals surface area contributed by atoms with Gasteiger partial charge in [0.25, 0.3) is 0 Å². The van der Waals surface area contributed by atoms with Crippen LogP contribution in [0.2, 0.25) is 0 Å². The van der Waals surface area contributed by atoms with Crippen molar-refractivity contribution in [2.45, 2.75) is 25.8 Å². The van der Waals surface area contributed by atoms with Crippen molar-refractivity contribution < 1.29 is 0 Å². The summed E-state index contributed by atoms with van der Waals surface area (Å²) in [4.78, 5) is 12.3. The average Bonchev–Trinajstić information content (AvgIpc) is 2.92. The van der Waals surface area contributed by atoms with Gasteiger partial charge in [0.1, 0.15) is 18.0 Å². The molecule has 4 nitrogen and oxygen atoms in total. The minimum Gasteiger partial charge on any atom is -0.365 e. The first-order chi connectivity index (χ1) is 9.81. The summed E-state index contributed by atoms with van der Waals surface area (Å²) in [5.74, 6) is 1.93. The number of anilines is 2. The summed E-state index contributed by atoms with van der Waals surface area (Å²) in [6.45, 7) is 3.01. The highest BCUT2D eigenvalue weighted by Gasteiger charge is 2.12. The number of hydrogen-bond donors (Lipinski definition) is 1. The Balaban J connectivity index is 1.64. The lowest BCUT2D eigenvalue weighted by atomic mass is 10.1. The van der Waals surface area contributed by atoms with Gasteiger partial charge >= 0.3 is 0 Å². The van der Waals surface area contributed by atoms with Crippen LogP contribution >= 0.6 is 27.3 Å². The van der Waals surface area contributed by atoms with Crippen LogP contribution in [-0.2, 0) is 6.54 Å². The Morgan fingerprint density at radius 3 is 2.80 bits per heavy atom. The Morgan fingerprint density at radius 2 is 2.05 bits per heavy atom. The van der Waals surface area contributed by atoms with Gasteiger partial charge in [-0.2, -0.15) is 0 Å². The number of hydrogen-bond acceptors (Lipinski definition) is 5. The van der Waals surface area contributed by atoms with Gasteiger partial charge in [0.15, 0.2) is 0 Å². The van der Waals surface area contributed by atoms with Gasteiger partial charge in [-0.25, -0.2) is 9.97 Å². The molecule has 0 spiro atoms. The van der Waals surface area contributed by atoms with Crippen LogP contribution in [0.1, 0.15) is 24.1 Å². The third-order valence-corrected chi connectivity index (χ3v) is 5.10. The molecule has 3 rings (SSSR count). The highest BCUT2D eigenvalue weighted by molar-refractivity contribution is 9.10. The second-order valence-corrected chi connectivity index (χ2v) is 6.81. The van der Waals surface area contributed by atoms with E-state index in [1.54, 1.807) is 17.7 Å². The minimum absolute atomic E-state index is 0.798. The maximum Gasteiger partial charge on any atom is 0.134 e. The van der Waals surface area contributed by atoms with Gasteiger partial charge in [0.05, 0.1) is 6.54 Å². The van der Waals surface area contributed by atoms with Crippen LogP contribution in [-0.4, -0.2) is 23.1 Å². The molecule has 0 atom stereocenters. The summed E-state index contributed by atoms with van der Waals surface area (Å²) in [5, 5.41) is 5.46. The number of thiophene rings is 1. The Labute approximate surface area is 131 Å². The van der Waals surface area contributed by atoms with Crippen LogP contribution in [0.15, 0.2) is 28.3 Å². The van der Waals surface area contributed by atoms with E-state index in [1.807, 2.05) is 6.07 Å². The molecule has 0 unspecified atom stereocenters. The second-order valence-electron chi connectivity index (χ2n) is 4.89. The van der Waals surface area contributed by atoms with E-state index >= 15 is 0 Å².